The van der Waals surface area contributed by atoms with Crippen LogP contribution in [0.2, 0.25) is 0 Å². The lowest BCUT2D eigenvalue weighted by atomic mass is 10.1. The summed E-state index contributed by atoms with van der Waals surface area (Å²) in [5.74, 6) is -1.07. The topological polar surface area (TPSA) is 43.4 Å². The van der Waals surface area contributed by atoms with Gasteiger partial charge in [-0.1, -0.05) is 12.1 Å². The van der Waals surface area contributed by atoms with E-state index in [9.17, 15) is 16.7 Å². The summed E-state index contributed by atoms with van der Waals surface area (Å²) >= 11 is 0. The molecule has 1 rings (SSSR count). The first kappa shape index (κ1) is 13.1. The Balaban J connectivity index is 2.67. The molecule has 1 aromatic rings. The molecule has 0 saturated heterocycles. The summed E-state index contributed by atoms with van der Waals surface area (Å²) in [5.41, 5.74) is 0.692. The van der Waals surface area contributed by atoms with Crippen LogP contribution in [0.15, 0.2) is 24.3 Å². The van der Waals surface area contributed by atoms with Crippen LogP contribution in [-0.2, 0) is 21.4 Å². The molecular formula is C10H12F2O3S. The van der Waals surface area contributed by atoms with Crippen molar-refractivity contribution in [3.63, 3.8) is 0 Å². The highest BCUT2D eigenvalue weighted by molar-refractivity contribution is 7.86. The summed E-state index contributed by atoms with van der Waals surface area (Å²) in [7, 11) is -3.26. The van der Waals surface area contributed by atoms with Gasteiger partial charge in [0.2, 0.25) is 0 Å². The zero-order valence-electron chi connectivity index (χ0n) is 8.69. The smallest absolute Gasteiger partial charge is 0.304 e. The van der Waals surface area contributed by atoms with E-state index in [0.717, 1.165) is 0 Å². The Kier molecular flexibility index (Phi) is 4.37. The average Bonchev–Trinajstić information content (AvgIpc) is 2.18. The van der Waals surface area contributed by atoms with Crippen molar-refractivity contribution in [1.82, 2.24) is 0 Å². The fourth-order valence-electron chi connectivity index (χ4n) is 1.32. The molecule has 16 heavy (non-hydrogen) atoms. The first-order valence-electron chi connectivity index (χ1n) is 4.60. The normalized spacial score (nSPS) is 13.7. The number of methoxy groups -OCH3 is 1. The summed E-state index contributed by atoms with van der Waals surface area (Å²) in [5, 5.41) is 0. The molecular weight excluding hydrogens is 238 g/mol. The van der Waals surface area contributed by atoms with Crippen LogP contribution in [0, 0.1) is 5.82 Å². The van der Waals surface area contributed by atoms with Gasteiger partial charge in [-0.2, -0.15) is 8.42 Å². The molecule has 0 aliphatic carbocycles. The van der Waals surface area contributed by atoms with Crippen LogP contribution < -0.4 is 0 Å². The number of halogens is 2. The van der Waals surface area contributed by atoms with E-state index in [1.807, 2.05) is 0 Å². The average molecular weight is 250 g/mol. The Morgan fingerprint density at radius 1 is 1.31 bits per heavy atom. The van der Waals surface area contributed by atoms with Crippen molar-refractivity contribution in [1.29, 1.82) is 0 Å². The molecule has 0 bridgehead atoms. The number of rotatable bonds is 5. The highest BCUT2D eigenvalue weighted by Crippen LogP contribution is 2.09. The molecule has 1 unspecified atom stereocenters. The maximum absolute atomic E-state index is 12.6. The molecule has 0 aliphatic heterocycles. The molecule has 0 aromatic heterocycles. The van der Waals surface area contributed by atoms with E-state index >= 15 is 0 Å². The summed E-state index contributed by atoms with van der Waals surface area (Å²) in [6.45, 7) is 0. The molecule has 6 heteroatoms. The standard InChI is InChI=1S/C10H12F2O3S/c1-15-10(7-16(12,13)14)6-8-2-4-9(11)5-3-8/h2-5,10H,6-7H2,1H3. The summed E-state index contributed by atoms with van der Waals surface area (Å²) < 4.78 is 50.7. The van der Waals surface area contributed by atoms with Gasteiger partial charge in [0.25, 0.3) is 0 Å². The molecule has 90 valence electrons. The third-order valence-electron chi connectivity index (χ3n) is 2.09. The Labute approximate surface area is 93.3 Å². The van der Waals surface area contributed by atoms with Crippen LogP contribution in [0.1, 0.15) is 5.56 Å². The Morgan fingerprint density at radius 2 is 1.88 bits per heavy atom. The lowest BCUT2D eigenvalue weighted by molar-refractivity contribution is 0.120. The van der Waals surface area contributed by atoms with Gasteiger partial charge in [0.1, 0.15) is 11.6 Å². The predicted octanol–water partition coefficient (Wildman–Crippen LogP) is 1.68. The van der Waals surface area contributed by atoms with E-state index in [0.29, 0.717) is 5.56 Å². The quantitative estimate of drug-likeness (QED) is 0.747. The molecule has 0 heterocycles. The Hall–Kier alpha value is -1.01. The minimum Gasteiger partial charge on any atom is -0.380 e. The lowest BCUT2D eigenvalue weighted by Crippen LogP contribution is -2.23. The van der Waals surface area contributed by atoms with Gasteiger partial charge in [-0.3, -0.25) is 0 Å². The van der Waals surface area contributed by atoms with Gasteiger partial charge >= 0.3 is 10.2 Å². The summed E-state index contributed by atoms with van der Waals surface area (Å²) in [6, 6.07) is 5.52. The monoisotopic (exact) mass is 250 g/mol. The van der Waals surface area contributed by atoms with Gasteiger partial charge in [-0.25, -0.2) is 4.39 Å². The highest BCUT2D eigenvalue weighted by Gasteiger charge is 2.18. The summed E-state index contributed by atoms with van der Waals surface area (Å²) in [4.78, 5) is 0. The Bertz CT molecular complexity index is 428. The lowest BCUT2D eigenvalue weighted by Gasteiger charge is -2.12. The number of ether oxygens (including phenoxy) is 1. The second-order valence-corrected chi connectivity index (χ2v) is 4.80. The minimum atomic E-state index is -4.56. The molecule has 1 atom stereocenters. The largest absolute Gasteiger partial charge is 0.380 e. The van der Waals surface area contributed by atoms with E-state index in [1.54, 1.807) is 0 Å². The Morgan fingerprint density at radius 3 is 2.31 bits per heavy atom. The fraction of sp³-hybridized carbons (Fsp3) is 0.400. The van der Waals surface area contributed by atoms with Gasteiger partial charge in [0, 0.05) is 7.11 Å². The van der Waals surface area contributed by atoms with Crippen LogP contribution in [0.5, 0.6) is 0 Å². The molecule has 0 saturated carbocycles. The molecule has 3 nitrogen and oxygen atoms in total. The van der Waals surface area contributed by atoms with Crippen molar-refractivity contribution in [2.45, 2.75) is 12.5 Å². The molecule has 0 spiro atoms. The SMILES string of the molecule is COC(Cc1ccc(F)cc1)CS(=O)(=O)F. The predicted molar refractivity (Wildman–Crippen MR) is 55.8 cm³/mol. The molecule has 0 radical (unpaired) electrons. The summed E-state index contributed by atoms with van der Waals surface area (Å²) in [6.07, 6.45) is -0.541. The van der Waals surface area contributed by atoms with E-state index < -0.39 is 22.1 Å². The van der Waals surface area contributed by atoms with E-state index in [4.69, 9.17) is 4.74 Å². The second kappa shape index (κ2) is 5.36. The van der Waals surface area contributed by atoms with Crippen molar-refractivity contribution < 1.29 is 21.4 Å². The maximum atomic E-state index is 12.6. The maximum Gasteiger partial charge on any atom is 0.304 e. The van der Waals surface area contributed by atoms with Crippen LogP contribution in [-0.4, -0.2) is 27.4 Å². The van der Waals surface area contributed by atoms with Crippen molar-refractivity contribution in [2.24, 2.45) is 0 Å². The second-order valence-electron chi connectivity index (χ2n) is 3.39. The third kappa shape index (κ3) is 4.67. The zero-order chi connectivity index (χ0) is 12.2. The van der Waals surface area contributed by atoms with Gasteiger partial charge < -0.3 is 4.74 Å². The first-order chi connectivity index (χ1) is 7.40. The first-order valence-corrected chi connectivity index (χ1v) is 6.15. The van der Waals surface area contributed by atoms with Crippen LogP contribution in [0.3, 0.4) is 0 Å². The van der Waals surface area contributed by atoms with Crippen LogP contribution >= 0.6 is 0 Å². The van der Waals surface area contributed by atoms with Crippen molar-refractivity contribution >= 4 is 10.2 Å². The van der Waals surface area contributed by atoms with Gasteiger partial charge in [0.05, 0.1) is 6.10 Å². The zero-order valence-corrected chi connectivity index (χ0v) is 9.51. The van der Waals surface area contributed by atoms with E-state index in [2.05, 4.69) is 0 Å². The molecule has 0 fully saturated rings. The third-order valence-corrected chi connectivity index (χ3v) is 2.86. The van der Waals surface area contributed by atoms with Gasteiger partial charge in [0.15, 0.2) is 0 Å². The van der Waals surface area contributed by atoms with Crippen molar-refractivity contribution in [3.8, 4) is 0 Å². The van der Waals surface area contributed by atoms with Crippen LogP contribution in [0.25, 0.3) is 0 Å². The van der Waals surface area contributed by atoms with Gasteiger partial charge in [-0.15, -0.1) is 3.89 Å². The van der Waals surface area contributed by atoms with Crippen LogP contribution in [0.4, 0.5) is 8.28 Å². The van der Waals surface area contributed by atoms with Crippen molar-refractivity contribution in [3.05, 3.63) is 35.6 Å². The number of hydrogen-bond acceptors (Lipinski definition) is 3. The highest BCUT2D eigenvalue weighted by atomic mass is 32.3. The number of hydrogen-bond donors (Lipinski definition) is 0. The van der Waals surface area contributed by atoms with Gasteiger partial charge in [-0.05, 0) is 24.1 Å². The van der Waals surface area contributed by atoms with E-state index in [1.165, 1.54) is 31.4 Å². The molecule has 0 amide bonds. The molecule has 0 aliphatic rings. The van der Waals surface area contributed by atoms with E-state index in [-0.39, 0.29) is 12.2 Å². The minimum absolute atomic E-state index is 0.222. The number of benzene rings is 1. The fourth-order valence-corrected chi connectivity index (χ4v) is 2.01. The molecule has 1 aromatic carbocycles. The van der Waals surface area contributed by atoms with Crippen molar-refractivity contribution in [2.75, 3.05) is 12.9 Å². The molecule has 0 N–H and O–H groups in total.